The lowest BCUT2D eigenvalue weighted by Crippen LogP contribution is -2.27. The number of hydrogen-bond donors (Lipinski definition) is 2. The first-order valence-corrected chi connectivity index (χ1v) is 8.29. The molecular weight excluding hydrogens is 258 g/mol. The fourth-order valence-corrected chi connectivity index (χ4v) is 5.85. The van der Waals surface area contributed by atoms with Crippen LogP contribution >= 0.6 is 10.0 Å². The van der Waals surface area contributed by atoms with E-state index >= 15 is 0 Å². The zero-order chi connectivity index (χ0) is 13.6. The average Bonchev–Trinajstić information content (AvgIpc) is 2.63. The monoisotopic (exact) mass is 275 g/mol. The number of aromatic hydroxyl groups is 1. The van der Waals surface area contributed by atoms with Crippen LogP contribution in [0.5, 0.6) is 5.75 Å². The molecule has 4 heteroatoms. The van der Waals surface area contributed by atoms with Gasteiger partial charge in [-0.25, -0.2) is 5.06 Å². The third-order valence-electron chi connectivity index (χ3n) is 3.91. The van der Waals surface area contributed by atoms with Gasteiger partial charge in [-0.3, -0.25) is 5.21 Å². The molecule has 2 unspecified atom stereocenters. The molecule has 0 amide bonds. The summed E-state index contributed by atoms with van der Waals surface area (Å²) < 4.78 is 0. The minimum atomic E-state index is -1.38. The van der Waals surface area contributed by atoms with E-state index in [0.29, 0.717) is 0 Å². The van der Waals surface area contributed by atoms with Crippen molar-refractivity contribution in [2.24, 2.45) is 0 Å². The van der Waals surface area contributed by atoms with Gasteiger partial charge in [-0.15, -0.1) is 0 Å². The summed E-state index contributed by atoms with van der Waals surface area (Å²) in [5, 5.41) is 21.4. The van der Waals surface area contributed by atoms with Crippen LogP contribution in [0.1, 0.15) is 6.92 Å². The Labute approximate surface area is 114 Å². The Morgan fingerprint density at radius 3 is 2.47 bits per heavy atom. The molecule has 100 valence electrons. The van der Waals surface area contributed by atoms with E-state index in [0.717, 1.165) is 10.6 Å². The molecule has 0 saturated heterocycles. The molecule has 0 spiro atoms. The second kappa shape index (κ2) is 4.18. The lowest BCUT2D eigenvalue weighted by molar-refractivity contribution is 0.251. The van der Waals surface area contributed by atoms with Gasteiger partial charge in [-0.2, -0.15) is 10.0 Å². The Morgan fingerprint density at radius 2 is 1.79 bits per heavy atom. The second-order valence-corrected chi connectivity index (χ2v) is 8.45. The molecule has 3 rings (SSSR count). The van der Waals surface area contributed by atoms with E-state index < -0.39 is 10.0 Å². The Kier molecular flexibility index (Phi) is 2.73. The van der Waals surface area contributed by atoms with Gasteiger partial charge in [0.05, 0.1) is 11.1 Å². The van der Waals surface area contributed by atoms with E-state index in [-0.39, 0.29) is 11.1 Å². The smallest absolute Gasteiger partial charge is 0.116 e. The molecule has 19 heavy (non-hydrogen) atoms. The highest BCUT2D eigenvalue weighted by molar-refractivity contribution is 8.34. The van der Waals surface area contributed by atoms with Gasteiger partial charge < -0.3 is 5.11 Å². The maximum Gasteiger partial charge on any atom is 0.116 e. The molecule has 0 aliphatic carbocycles. The van der Waals surface area contributed by atoms with Gasteiger partial charge in [0.2, 0.25) is 0 Å². The molecule has 1 heterocycles. The molecule has 0 fully saturated rings. The highest BCUT2D eigenvalue weighted by atomic mass is 32.3. The van der Waals surface area contributed by atoms with Gasteiger partial charge in [0.15, 0.2) is 0 Å². The standard InChI is InChI=1S/C15H17NO2S/c1-11-16(18)14-9-8-12(17)10-15(14)19(11,2)13-6-4-3-5-7-13/h3-11,17-18H,1-2H3. The van der Waals surface area contributed by atoms with E-state index in [4.69, 9.17) is 0 Å². The number of hydrogen-bond acceptors (Lipinski definition) is 3. The predicted molar refractivity (Wildman–Crippen MR) is 78.3 cm³/mol. The van der Waals surface area contributed by atoms with Crippen molar-refractivity contribution in [2.75, 3.05) is 11.3 Å². The van der Waals surface area contributed by atoms with Crippen molar-refractivity contribution in [1.29, 1.82) is 0 Å². The van der Waals surface area contributed by atoms with Crippen LogP contribution in [0.25, 0.3) is 0 Å². The van der Waals surface area contributed by atoms with Gasteiger partial charge in [-0.05, 0) is 48.4 Å². The lowest BCUT2D eigenvalue weighted by Gasteiger charge is -2.37. The van der Waals surface area contributed by atoms with Gasteiger partial charge >= 0.3 is 0 Å². The number of rotatable bonds is 1. The molecule has 1 aliphatic rings. The summed E-state index contributed by atoms with van der Waals surface area (Å²) in [6.45, 7) is 2.03. The highest BCUT2D eigenvalue weighted by Gasteiger charge is 2.42. The molecule has 1 aliphatic heterocycles. The van der Waals surface area contributed by atoms with Crippen LogP contribution in [0.2, 0.25) is 0 Å². The number of anilines is 1. The summed E-state index contributed by atoms with van der Waals surface area (Å²) in [6, 6.07) is 15.4. The van der Waals surface area contributed by atoms with Crippen molar-refractivity contribution >= 4 is 15.7 Å². The van der Waals surface area contributed by atoms with Crippen molar-refractivity contribution < 1.29 is 10.3 Å². The first-order chi connectivity index (χ1) is 9.05. The lowest BCUT2D eigenvalue weighted by atomic mass is 10.3. The molecule has 2 N–H and O–H groups in total. The normalized spacial score (nSPS) is 28.8. The average molecular weight is 275 g/mol. The zero-order valence-electron chi connectivity index (χ0n) is 10.9. The van der Waals surface area contributed by atoms with Crippen LogP contribution in [0.4, 0.5) is 5.69 Å². The topological polar surface area (TPSA) is 43.7 Å². The van der Waals surface area contributed by atoms with Crippen LogP contribution in [-0.4, -0.2) is 21.9 Å². The predicted octanol–water partition coefficient (Wildman–Crippen LogP) is 3.80. The Balaban J connectivity index is 2.26. The largest absolute Gasteiger partial charge is 0.508 e. The van der Waals surface area contributed by atoms with Gasteiger partial charge in [0.25, 0.3) is 0 Å². The highest BCUT2D eigenvalue weighted by Crippen LogP contribution is 2.70. The maximum absolute atomic E-state index is 10.3. The van der Waals surface area contributed by atoms with E-state index in [1.807, 2.05) is 25.1 Å². The molecule has 2 aromatic rings. The zero-order valence-corrected chi connectivity index (χ0v) is 11.8. The Bertz CT molecular complexity index is 617. The fraction of sp³-hybridized carbons (Fsp3) is 0.200. The van der Waals surface area contributed by atoms with Crippen molar-refractivity contribution in [3.63, 3.8) is 0 Å². The van der Waals surface area contributed by atoms with Crippen LogP contribution in [0, 0.1) is 0 Å². The van der Waals surface area contributed by atoms with Crippen LogP contribution in [0.15, 0.2) is 58.3 Å². The molecule has 2 aromatic carbocycles. The van der Waals surface area contributed by atoms with Crippen molar-refractivity contribution in [1.82, 2.24) is 0 Å². The number of fused-ring (bicyclic) bond motifs is 1. The van der Waals surface area contributed by atoms with E-state index in [1.165, 1.54) is 9.96 Å². The fourth-order valence-electron chi connectivity index (χ4n) is 2.64. The molecule has 0 saturated carbocycles. The van der Waals surface area contributed by atoms with Crippen molar-refractivity contribution in [3.8, 4) is 5.75 Å². The van der Waals surface area contributed by atoms with Crippen LogP contribution < -0.4 is 5.06 Å². The summed E-state index contributed by atoms with van der Waals surface area (Å²) in [5.41, 5.74) is 0.798. The Hall–Kier alpha value is -1.65. The first kappa shape index (κ1) is 12.4. The molecule has 2 atom stereocenters. The molecule has 0 aromatic heterocycles. The number of benzene rings is 2. The summed E-state index contributed by atoms with van der Waals surface area (Å²) in [5.74, 6) is 0.246. The molecular formula is C15H17NO2S. The molecule has 0 bridgehead atoms. The van der Waals surface area contributed by atoms with E-state index in [9.17, 15) is 10.3 Å². The Morgan fingerprint density at radius 1 is 1.11 bits per heavy atom. The number of phenolic OH excluding ortho intramolecular Hbond substituents is 1. The van der Waals surface area contributed by atoms with Crippen molar-refractivity contribution in [3.05, 3.63) is 48.5 Å². The van der Waals surface area contributed by atoms with Gasteiger partial charge in [0, 0.05) is 4.90 Å². The van der Waals surface area contributed by atoms with Gasteiger partial charge in [-0.1, -0.05) is 18.2 Å². The SMILES string of the molecule is CC1N(O)c2ccc(O)cc2S1(C)c1ccccc1. The van der Waals surface area contributed by atoms with Gasteiger partial charge in [0.1, 0.15) is 5.75 Å². The minimum absolute atomic E-state index is 0.00769. The molecule has 0 radical (unpaired) electrons. The third-order valence-corrected chi connectivity index (χ3v) is 7.96. The third kappa shape index (κ3) is 1.64. The first-order valence-electron chi connectivity index (χ1n) is 6.18. The van der Waals surface area contributed by atoms with Crippen LogP contribution in [0.3, 0.4) is 0 Å². The summed E-state index contributed by atoms with van der Waals surface area (Å²) in [6.07, 6.45) is 2.18. The minimum Gasteiger partial charge on any atom is -0.508 e. The summed E-state index contributed by atoms with van der Waals surface area (Å²) in [7, 11) is -1.38. The number of hydroxylamine groups is 1. The van der Waals surface area contributed by atoms with Crippen molar-refractivity contribution in [2.45, 2.75) is 22.1 Å². The number of phenols is 1. The van der Waals surface area contributed by atoms with E-state index in [2.05, 4.69) is 18.4 Å². The maximum atomic E-state index is 10.3. The van der Waals surface area contributed by atoms with Crippen LogP contribution in [-0.2, 0) is 0 Å². The molecule has 3 nitrogen and oxygen atoms in total. The van der Waals surface area contributed by atoms with E-state index in [1.54, 1.807) is 18.2 Å². The number of nitrogens with zero attached hydrogens (tertiary/aromatic N) is 1. The summed E-state index contributed by atoms with van der Waals surface area (Å²) in [4.78, 5) is 2.25. The second-order valence-electron chi connectivity index (χ2n) is 4.89. The quantitative estimate of drug-likeness (QED) is 0.832. The summed E-state index contributed by atoms with van der Waals surface area (Å²) >= 11 is 0.